The molecule has 0 saturated carbocycles. The summed E-state index contributed by atoms with van der Waals surface area (Å²) in [6.45, 7) is 4.47. The van der Waals surface area contributed by atoms with Crippen molar-refractivity contribution in [3.63, 3.8) is 0 Å². The first-order valence-electron chi connectivity index (χ1n) is 3.40. The molecule has 3 heteroatoms. The van der Waals surface area contributed by atoms with Crippen LogP contribution < -0.4 is 0 Å². The summed E-state index contributed by atoms with van der Waals surface area (Å²) in [6, 6.07) is 0. The number of allylic oxidation sites excluding steroid dienone is 2. The van der Waals surface area contributed by atoms with Crippen LogP contribution in [0.4, 0.5) is 0 Å². The number of hydrogen-bond donors (Lipinski definition) is 0. The van der Waals surface area contributed by atoms with Gasteiger partial charge in [-0.2, -0.15) is 0 Å². The maximum absolute atomic E-state index is 10.8. The molecule has 0 fully saturated rings. The third-order valence-corrected chi connectivity index (χ3v) is 1.33. The van der Waals surface area contributed by atoms with Crippen molar-refractivity contribution >= 4 is 19.4 Å². The van der Waals surface area contributed by atoms with Gasteiger partial charge in [-0.1, -0.05) is 6.92 Å². The molecule has 0 atom stereocenters. The van der Waals surface area contributed by atoms with E-state index in [1.807, 2.05) is 0 Å². The molecule has 0 rings (SSSR count). The van der Waals surface area contributed by atoms with Crippen molar-refractivity contribution in [3.8, 4) is 0 Å². The lowest BCUT2D eigenvalue weighted by molar-refractivity contribution is -0.119. The van der Waals surface area contributed by atoms with Crippen LogP contribution in [0.3, 0.4) is 0 Å². The predicted octanol–water partition coefficient (Wildman–Crippen LogP) is 0.997. The molecule has 0 aliphatic carbocycles. The van der Waals surface area contributed by atoms with E-state index in [0.29, 0.717) is 11.0 Å². The largest absolute Gasteiger partial charge is 0.300 e. The summed E-state index contributed by atoms with van der Waals surface area (Å²) >= 11 is 0. The van der Waals surface area contributed by atoms with Crippen molar-refractivity contribution in [3.05, 3.63) is 11.0 Å². The van der Waals surface area contributed by atoms with Gasteiger partial charge in [0, 0.05) is 6.42 Å². The zero-order valence-electron chi connectivity index (χ0n) is 7.10. The van der Waals surface area contributed by atoms with Gasteiger partial charge in [0.1, 0.15) is 13.6 Å². The number of rotatable bonds is 3. The van der Waals surface area contributed by atoms with Crippen molar-refractivity contribution in [1.29, 1.82) is 0 Å². The summed E-state index contributed by atoms with van der Waals surface area (Å²) in [5, 5.41) is 0. The van der Waals surface area contributed by atoms with Crippen LogP contribution in [0.5, 0.6) is 0 Å². The molecule has 0 aromatic heterocycles. The third-order valence-electron chi connectivity index (χ3n) is 1.33. The molecular weight excluding hydrogens is 139 g/mol. The Balaban J connectivity index is 4.52. The molecule has 0 amide bonds. The van der Waals surface area contributed by atoms with Gasteiger partial charge in [0.05, 0.1) is 0 Å². The lowest BCUT2D eigenvalue weighted by Gasteiger charge is -2.02. The van der Waals surface area contributed by atoms with E-state index in [4.69, 9.17) is 7.85 Å². The van der Waals surface area contributed by atoms with Crippen LogP contribution in [-0.2, 0) is 9.59 Å². The highest BCUT2D eigenvalue weighted by Crippen LogP contribution is 2.07. The van der Waals surface area contributed by atoms with Crippen molar-refractivity contribution in [1.82, 2.24) is 0 Å². The topological polar surface area (TPSA) is 34.1 Å². The van der Waals surface area contributed by atoms with Crippen LogP contribution in [0.25, 0.3) is 0 Å². The monoisotopic (exact) mass is 150 g/mol. The van der Waals surface area contributed by atoms with Gasteiger partial charge >= 0.3 is 0 Å². The average Bonchev–Trinajstić information content (AvgIpc) is 1.81. The Kier molecular flexibility index (Phi) is 3.79. The SMILES string of the molecule is [B]C(C)=C(CC(C)=O)C(C)=O. The number of Topliss-reactive ketones (excluding diaryl/α,β-unsaturated/α-hetero) is 2. The Morgan fingerprint density at radius 3 is 1.73 bits per heavy atom. The minimum atomic E-state index is -0.125. The van der Waals surface area contributed by atoms with E-state index >= 15 is 0 Å². The average molecular weight is 150 g/mol. The van der Waals surface area contributed by atoms with Crippen molar-refractivity contribution in [2.75, 3.05) is 0 Å². The van der Waals surface area contributed by atoms with Gasteiger partial charge in [-0.15, -0.1) is 5.47 Å². The van der Waals surface area contributed by atoms with Crippen LogP contribution in [0.1, 0.15) is 27.2 Å². The van der Waals surface area contributed by atoms with Gasteiger partial charge < -0.3 is 0 Å². The fourth-order valence-corrected chi connectivity index (χ4v) is 0.791. The van der Waals surface area contributed by atoms with E-state index < -0.39 is 0 Å². The summed E-state index contributed by atoms with van der Waals surface area (Å²) in [4.78, 5) is 21.5. The smallest absolute Gasteiger partial charge is 0.155 e. The van der Waals surface area contributed by atoms with Gasteiger partial charge in [-0.25, -0.2) is 0 Å². The molecule has 11 heavy (non-hydrogen) atoms. The normalized spacial score (nSPS) is 12.3. The number of hydrogen-bond acceptors (Lipinski definition) is 2. The van der Waals surface area contributed by atoms with Gasteiger partial charge in [-0.3, -0.25) is 9.59 Å². The summed E-state index contributed by atoms with van der Waals surface area (Å²) in [5.41, 5.74) is 0.866. The molecule has 0 unspecified atom stereocenters. The highest BCUT2D eigenvalue weighted by molar-refractivity contribution is 6.24. The van der Waals surface area contributed by atoms with Crippen LogP contribution in [0.2, 0.25) is 0 Å². The molecule has 58 valence electrons. The zero-order valence-corrected chi connectivity index (χ0v) is 7.10. The molecular formula is C8H11BO2. The third kappa shape index (κ3) is 3.76. The van der Waals surface area contributed by atoms with Crippen LogP contribution in [0, 0.1) is 0 Å². The Morgan fingerprint density at radius 1 is 1.18 bits per heavy atom. The maximum atomic E-state index is 10.8. The highest BCUT2D eigenvalue weighted by Gasteiger charge is 2.07. The van der Waals surface area contributed by atoms with E-state index in [1.165, 1.54) is 13.8 Å². The minimum absolute atomic E-state index is 0.0417. The van der Waals surface area contributed by atoms with Gasteiger partial charge in [0.15, 0.2) is 5.78 Å². The lowest BCUT2D eigenvalue weighted by atomic mass is 9.88. The second-order valence-electron chi connectivity index (χ2n) is 2.60. The van der Waals surface area contributed by atoms with E-state index in [1.54, 1.807) is 6.92 Å². The molecule has 2 nitrogen and oxygen atoms in total. The Labute approximate surface area is 68.1 Å². The number of ketones is 2. The molecule has 0 aromatic carbocycles. The summed E-state index contributed by atoms with van der Waals surface area (Å²) < 4.78 is 0. The molecule has 0 saturated heterocycles. The van der Waals surface area contributed by atoms with Gasteiger partial charge in [0.2, 0.25) is 0 Å². The Morgan fingerprint density at radius 2 is 1.64 bits per heavy atom. The quantitative estimate of drug-likeness (QED) is 0.444. The first-order valence-corrected chi connectivity index (χ1v) is 3.40. The Bertz CT molecular complexity index is 212. The van der Waals surface area contributed by atoms with E-state index in [0.717, 1.165) is 0 Å². The fraction of sp³-hybridized carbons (Fsp3) is 0.500. The van der Waals surface area contributed by atoms with Crippen LogP contribution >= 0.6 is 0 Å². The van der Waals surface area contributed by atoms with E-state index in [9.17, 15) is 9.59 Å². The zero-order chi connectivity index (χ0) is 9.02. The molecule has 0 spiro atoms. The molecule has 0 N–H and O–H groups in total. The fourth-order valence-electron chi connectivity index (χ4n) is 0.791. The summed E-state index contributed by atoms with van der Waals surface area (Å²) in [5.74, 6) is -0.166. The van der Waals surface area contributed by atoms with Crippen molar-refractivity contribution in [2.24, 2.45) is 0 Å². The first kappa shape index (κ1) is 10.1. The molecule has 0 aliphatic rings. The maximum Gasteiger partial charge on any atom is 0.155 e. The van der Waals surface area contributed by atoms with Crippen molar-refractivity contribution in [2.45, 2.75) is 27.2 Å². The first-order chi connectivity index (χ1) is 4.95. The standard InChI is InChI=1S/C8H11BO2/c1-5(10)4-8(6(2)9)7(3)11/h4H2,1-3H3. The van der Waals surface area contributed by atoms with Gasteiger partial charge in [-0.05, 0) is 19.4 Å². The minimum Gasteiger partial charge on any atom is -0.300 e. The molecule has 0 aromatic rings. The second kappa shape index (κ2) is 4.11. The number of carbonyl (C=O) groups is 2. The molecule has 0 bridgehead atoms. The Hall–Kier alpha value is -0.855. The predicted molar refractivity (Wildman–Crippen MR) is 44.4 cm³/mol. The van der Waals surface area contributed by atoms with Crippen LogP contribution in [0.15, 0.2) is 11.0 Å². The second-order valence-corrected chi connectivity index (χ2v) is 2.60. The van der Waals surface area contributed by atoms with Gasteiger partial charge in [0.25, 0.3) is 0 Å². The molecule has 0 heterocycles. The molecule has 0 aliphatic heterocycles. The van der Waals surface area contributed by atoms with Crippen molar-refractivity contribution < 1.29 is 9.59 Å². The molecule has 2 radical (unpaired) electrons. The van der Waals surface area contributed by atoms with E-state index in [-0.39, 0.29) is 18.0 Å². The summed E-state index contributed by atoms with van der Waals surface area (Å²) in [6.07, 6.45) is 0.150. The highest BCUT2D eigenvalue weighted by atomic mass is 16.1. The lowest BCUT2D eigenvalue weighted by Crippen LogP contribution is -2.04. The summed E-state index contributed by atoms with van der Waals surface area (Å²) in [7, 11) is 5.39. The van der Waals surface area contributed by atoms with Crippen LogP contribution in [-0.4, -0.2) is 19.4 Å². The number of carbonyl (C=O) groups excluding carboxylic acids is 2. The van der Waals surface area contributed by atoms with E-state index in [2.05, 4.69) is 0 Å².